The van der Waals surface area contributed by atoms with Gasteiger partial charge in [0.15, 0.2) is 5.69 Å². The number of nitrogens with one attached hydrogen (secondary N) is 1. The van der Waals surface area contributed by atoms with Crippen molar-refractivity contribution in [2.75, 3.05) is 0 Å². The van der Waals surface area contributed by atoms with Crippen LogP contribution >= 0.6 is 11.6 Å². The van der Waals surface area contributed by atoms with Crippen LogP contribution in [0.25, 0.3) is 0 Å². The molecule has 0 saturated carbocycles. The summed E-state index contributed by atoms with van der Waals surface area (Å²) in [5, 5.41) is 11.5. The van der Waals surface area contributed by atoms with Crippen LogP contribution in [-0.4, -0.2) is 20.9 Å². The minimum absolute atomic E-state index is 0.144. The van der Waals surface area contributed by atoms with Crippen molar-refractivity contribution in [3.05, 3.63) is 82.6 Å². The first-order chi connectivity index (χ1) is 11.6. The molecule has 0 fully saturated rings. The van der Waals surface area contributed by atoms with Gasteiger partial charge in [-0.3, -0.25) is 4.79 Å². The van der Waals surface area contributed by atoms with Crippen molar-refractivity contribution < 1.29 is 4.79 Å². The number of hydrogen-bond donors (Lipinski definition) is 1. The lowest BCUT2D eigenvalue weighted by molar-refractivity contribution is 0.0934. The van der Waals surface area contributed by atoms with Gasteiger partial charge in [0.05, 0.1) is 18.8 Å². The van der Waals surface area contributed by atoms with Crippen LogP contribution in [0.1, 0.15) is 34.6 Å². The molecule has 1 N–H and O–H groups in total. The summed E-state index contributed by atoms with van der Waals surface area (Å²) >= 11 is 5.88. The summed E-state index contributed by atoms with van der Waals surface area (Å²) in [4.78, 5) is 12.3. The molecule has 1 amide bonds. The Labute approximate surface area is 145 Å². The normalized spacial score (nSPS) is 11.9. The van der Waals surface area contributed by atoms with Crippen molar-refractivity contribution in [2.45, 2.75) is 19.5 Å². The topological polar surface area (TPSA) is 59.8 Å². The highest BCUT2D eigenvalue weighted by atomic mass is 35.5. The van der Waals surface area contributed by atoms with E-state index in [-0.39, 0.29) is 11.9 Å². The molecule has 122 valence electrons. The average molecular weight is 341 g/mol. The predicted molar refractivity (Wildman–Crippen MR) is 92.9 cm³/mol. The van der Waals surface area contributed by atoms with Gasteiger partial charge in [-0.2, -0.15) is 0 Å². The summed E-state index contributed by atoms with van der Waals surface area (Å²) in [6, 6.07) is 17.1. The van der Waals surface area contributed by atoms with E-state index >= 15 is 0 Å². The summed E-state index contributed by atoms with van der Waals surface area (Å²) in [5.74, 6) is -0.253. The molecular formula is C18H17ClN4O. The number of carbonyl (C=O) groups is 1. The Balaban J connectivity index is 1.64. The molecule has 3 aromatic rings. The highest BCUT2D eigenvalue weighted by Gasteiger charge is 2.14. The highest BCUT2D eigenvalue weighted by molar-refractivity contribution is 6.30. The van der Waals surface area contributed by atoms with Gasteiger partial charge in [0, 0.05) is 5.02 Å². The molecule has 1 atom stereocenters. The van der Waals surface area contributed by atoms with Gasteiger partial charge in [0.25, 0.3) is 5.91 Å². The summed E-state index contributed by atoms with van der Waals surface area (Å²) in [5.41, 5.74) is 2.38. The van der Waals surface area contributed by atoms with Crippen molar-refractivity contribution >= 4 is 17.5 Å². The van der Waals surface area contributed by atoms with Crippen LogP contribution in [0.5, 0.6) is 0 Å². The molecule has 2 aromatic carbocycles. The molecule has 0 saturated heterocycles. The fraction of sp³-hybridized carbons (Fsp3) is 0.167. The Morgan fingerprint density at radius 2 is 1.88 bits per heavy atom. The largest absolute Gasteiger partial charge is 0.344 e. The van der Waals surface area contributed by atoms with E-state index < -0.39 is 0 Å². The molecule has 0 aliphatic carbocycles. The number of nitrogens with zero attached hydrogens (tertiary/aromatic N) is 3. The van der Waals surface area contributed by atoms with Crippen LogP contribution in [0, 0.1) is 0 Å². The zero-order valence-corrected chi connectivity index (χ0v) is 13.9. The minimum Gasteiger partial charge on any atom is -0.344 e. The SMILES string of the molecule is CC(NC(=O)c1cn(Cc2ccccc2)nn1)c1ccc(Cl)cc1. The Bertz CT molecular complexity index is 815. The number of carbonyl (C=O) groups excluding carboxylic acids is 1. The second kappa shape index (κ2) is 7.27. The van der Waals surface area contributed by atoms with Gasteiger partial charge < -0.3 is 5.32 Å². The molecule has 1 unspecified atom stereocenters. The van der Waals surface area contributed by atoms with E-state index in [1.165, 1.54) is 0 Å². The van der Waals surface area contributed by atoms with Gasteiger partial charge in [0.1, 0.15) is 0 Å². The van der Waals surface area contributed by atoms with Gasteiger partial charge in [-0.25, -0.2) is 4.68 Å². The molecule has 0 aliphatic rings. The summed E-state index contributed by atoms with van der Waals surface area (Å²) in [6.07, 6.45) is 1.65. The number of aromatic nitrogens is 3. The number of halogens is 1. The van der Waals surface area contributed by atoms with Crippen LogP contribution in [-0.2, 0) is 6.54 Å². The zero-order chi connectivity index (χ0) is 16.9. The molecule has 6 heteroatoms. The first-order valence-corrected chi connectivity index (χ1v) is 8.00. The van der Waals surface area contributed by atoms with Crippen molar-refractivity contribution in [1.82, 2.24) is 20.3 Å². The Kier molecular flexibility index (Phi) is 4.91. The van der Waals surface area contributed by atoms with E-state index in [0.29, 0.717) is 17.3 Å². The van der Waals surface area contributed by atoms with Gasteiger partial charge in [-0.05, 0) is 30.2 Å². The monoisotopic (exact) mass is 340 g/mol. The zero-order valence-electron chi connectivity index (χ0n) is 13.2. The number of amides is 1. The molecule has 0 bridgehead atoms. The third-order valence-electron chi connectivity index (χ3n) is 3.68. The fourth-order valence-electron chi connectivity index (χ4n) is 2.36. The molecule has 0 aliphatic heterocycles. The number of rotatable bonds is 5. The number of benzene rings is 2. The molecule has 1 heterocycles. The Hall–Kier alpha value is -2.66. The van der Waals surface area contributed by atoms with Gasteiger partial charge >= 0.3 is 0 Å². The standard InChI is InChI=1S/C18H17ClN4O/c1-13(15-7-9-16(19)10-8-15)20-18(24)17-12-23(22-21-17)11-14-5-3-2-4-6-14/h2-10,12-13H,11H2,1H3,(H,20,24). The van der Waals surface area contributed by atoms with E-state index in [1.54, 1.807) is 23.0 Å². The second-order valence-corrected chi connectivity index (χ2v) is 5.97. The third-order valence-corrected chi connectivity index (χ3v) is 3.93. The summed E-state index contributed by atoms with van der Waals surface area (Å²) < 4.78 is 1.65. The molecular weight excluding hydrogens is 324 g/mol. The van der Waals surface area contributed by atoms with Crippen LogP contribution in [0.3, 0.4) is 0 Å². The quantitative estimate of drug-likeness (QED) is 0.773. The highest BCUT2D eigenvalue weighted by Crippen LogP contribution is 2.16. The maximum Gasteiger partial charge on any atom is 0.273 e. The molecule has 0 radical (unpaired) electrons. The van der Waals surface area contributed by atoms with Crippen molar-refractivity contribution in [3.63, 3.8) is 0 Å². The van der Waals surface area contributed by atoms with E-state index in [2.05, 4.69) is 15.6 Å². The molecule has 3 rings (SSSR count). The minimum atomic E-state index is -0.253. The predicted octanol–water partition coefficient (Wildman–Crippen LogP) is 3.47. The lowest BCUT2D eigenvalue weighted by Gasteiger charge is -2.13. The van der Waals surface area contributed by atoms with Crippen LogP contribution in [0.4, 0.5) is 0 Å². The lowest BCUT2D eigenvalue weighted by atomic mass is 10.1. The summed E-state index contributed by atoms with van der Waals surface area (Å²) in [6.45, 7) is 2.49. The van der Waals surface area contributed by atoms with E-state index in [0.717, 1.165) is 11.1 Å². The van der Waals surface area contributed by atoms with Crippen molar-refractivity contribution in [3.8, 4) is 0 Å². The van der Waals surface area contributed by atoms with E-state index in [9.17, 15) is 4.79 Å². The fourth-order valence-corrected chi connectivity index (χ4v) is 2.48. The van der Waals surface area contributed by atoms with Crippen molar-refractivity contribution in [2.24, 2.45) is 0 Å². The van der Waals surface area contributed by atoms with Crippen LogP contribution in [0.15, 0.2) is 60.8 Å². The second-order valence-electron chi connectivity index (χ2n) is 5.53. The van der Waals surface area contributed by atoms with E-state index in [4.69, 9.17) is 11.6 Å². The van der Waals surface area contributed by atoms with Gasteiger partial charge in [0.2, 0.25) is 0 Å². The molecule has 24 heavy (non-hydrogen) atoms. The van der Waals surface area contributed by atoms with Crippen molar-refractivity contribution in [1.29, 1.82) is 0 Å². The smallest absolute Gasteiger partial charge is 0.273 e. The third kappa shape index (κ3) is 4.00. The molecule has 1 aromatic heterocycles. The number of hydrogen-bond acceptors (Lipinski definition) is 3. The Morgan fingerprint density at radius 3 is 2.58 bits per heavy atom. The van der Waals surface area contributed by atoms with Crippen LogP contribution < -0.4 is 5.32 Å². The van der Waals surface area contributed by atoms with Gasteiger partial charge in [-0.15, -0.1) is 5.10 Å². The maximum absolute atomic E-state index is 12.3. The summed E-state index contributed by atoms with van der Waals surface area (Å²) in [7, 11) is 0. The Morgan fingerprint density at radius 1 is 1.17 bits per heavy atom. The van der Waals surface area contributed by atoms with E-state index in [1.807, 2.05) is 49.4 Å². The van der Waals surface area contributed by atoms with Crippen LogP contribution in [0.2, 0.25) is 5.02 Å². The van der Waals surface area contributed by atoms with Gasteiger partial charge in [-0.1, -0.05) is 59.3 Å². The first-order valence-electron chi connectivity index (χ1n) is 7.62. The maximum atomic E-state index is 12.3. The average Bonchev–Trinajstić information content (AvgIpc) is 3.05. The molecule has 5 nitrogen and oxygen atoms in total. The first kappa shape index (κ1) is 16.2. The lowest BCUT2D eigenvalue weighted by Crippen LogP contribution is -2.26. The molecule has 0 spiro atoms.